The number of fused-ring (bicyclic) bond motifs is 5. The van der Waals surface area contributed by atoms with Gasteiger partial charge in [0.05, 0.1) is 23.4 Å². The molecule has 2 aromatic rings. The van der Waals surface area contributed by atoms with Crippen molar-refractivity contribution in [1.82, 2.24) is 0 Å². The predicted octanol–water partition coefficient (Wildman–Crippen LogP) is 3.32. The number of hydrogen-bond donors (Lipinski definition) is 0. The Kier molecular flexibility index (Phi) is 1.81. The molecule has 88 valence electrons. The van der Waals surface area contributed by atoms with Gasteiger partial charge in [-0.05, 0) is 18.2 Å². The Bertz CT molecular complexity index is 648. The summed E-state index contributed by atoms with van der Waals surface area (Å²) in [5, 5.41) is 0. The molecule has 0 saturated carbocycles. The second kappa shape index (κ2) is 3.35. The third kappa shape index (κ3) is 1.11. The molecule has 0 N–H and O–H groups in total. The molecule has 4 rings (SSSR count). The maximum atomic E-state index is 4.54. The van der Waals surface area contributed by atoms with Crippen LogP contribution in [-0.4, -0.2) is 13.4 Å². The second-order valence-corrected chi connectivity index (χ2v) is 4.68. The maximum absolute atomic E-state index is 4.54. The van der Waals surface area contributed by atoms with Crippen LogP contribution in [0.5, 0.6) is 0 Å². The van der Waals surface area contributed by atoms with E-state index in [1.54, 1.807) is 0 Å². The monoisotopic (exact) mass is 235 g/mol. The highest BCUT2D eigenvalue weighted by Gasteiger charge is 2.36. The molecule has 3 nitrogen and oxygen atoms in total. The third-order valence-corrected chi connectivity index (χ3v) is 3.71. The van der Waals surface area contributed by atoms with Crippen molar-refractivity contribution in [2.24, 2.45) is 4.99 Å². The van der Waals surface area contributed by atoms with Gasteiger partial charge in [-0.15, -0.1) is 0 Å². The quantitative estimate of drug-likeness (QED) is 0.697. The highest BCUT2D eigenvalue weighted by atomic mass is 15.4. The number of anilines is 2. The Labute approximate surface area is 106 Å². The topological polar surface area (TPSA) is 18.8 Å². The lowest BCUT2D eigenvalue weighted by Crippen LogP contribution is -2.34. The average Bonchev–Trinajstić information content (AvgIpc) is 2.73. The van der Waals surface area contributed by atoms with Gasteiger partial charge < -0.3 is 9.80 Å². The lowest BCUT2D eigenvalue weighted by molar-refractivity contribution is 0.729. The van der Waals surface area contributed by atoms with Crippen molar-refractivity contribution >= 4 is 23.4 Å². The molecule has 2 aliphatic heterocycles. The van der Waals surface area contributed by atoms with Crippen molar-refractivity contribution in [3.05, 3.63) is 54.1 Å². The van der Waals surface area contributed by atoms with E-state index in [1.165, 1.54) is 16.9 Å². The Hall–Kier alpha value is -2.29. The molecule has 2 aliphatic rings. The molecule has 0 spiro atoms. The zero-order valence-corrected chi connectivity index (χ0v) is 10.1. The zero-order valence-electron chi connectivity index (χ0n) is 10.1. The largest absolute Gasteiger partial charge is 0.348 e. The summed E-state index contributed by atoms with van der Waals surface area (Å²) >= 11 is 0. The molecule has 3 heteroatoms. The summed E-state index contributed by atoms with van der Waals surface area (Å²) in [6.07, 6.45) is 2.17. The van der Waals surface area contributed by atoms with Crippen molar-refractivity contribution in [1.29, 1.82) is 0 Å². The lowest BCUT2D eigenvalue weighted by atomic mass is 10.1. The summed E-state index contributed by atoms with van der Waals surface area (Å²) in [6, 6.07) is 16.8. The second-order valence-electron chi connectivity index (χ2n) is 4.68. The summed E-state index contributed by atoms with van der Waals surface area (Å²) in [5.74, 6) is 0. The first kappa shape index (κ1) is 9.71. The van der Waals surface area contributed by atoms with Gasteiger partial charge in [-0.2, -0.15) is 0 Å². The van der Waals surface area contributed by atoms with Gasteiger partial charge in [0.15, 0.2) is 0 Å². The van der Waals surface area contributed by atoms with E-state index in [1.807, 2.05) is 12.4 Å². The Morgan fingerprint density at radius 1 is 0.944 bits per heavy atom. The summed E-state index contributed by atoms with van der Waals surface area (Å²) < 4.78 is 0. The van der Waals surface area contributed by atoms with Crippen molar-refractivity contribution in [2.45, 2.75) is 6.17 Å². The van der Waals surface area contributed by atoms with E-state index in [0.717, 1.165) is 5.69 Å². The van der Waals surface area contributed by atoms with Crippen LogP contribution in [0.2, 0.25) is 0 Å². The number of aliphatic imine (C=N–C) groups is 1. The van der Waals surface area contributed by atoms with Gasteiger partial charge in [-0.3, -0.25) is 0 Å². The van der Waals surface area contributed by atoms with Crippen LogP contribution in [0, 0.1) is 0 Å². The maximum Gasteiger partial charge on any atom is 0.135 e. The molecule has 0 amide bonds. The standard InChI is InChI=1S/C15H13N3/c1-17-13-8-4-5-9-14(13)18-10-16-12-7-3-2-6-11(12)15(17)18/h2-10,15H,1H3. The average molecular weight is 235 g/mol. The number of nitrogens with zero attached hydrogens (tertiary/aromatic N) is 3. The molecule has 0 aromatic heterocycles. The molecule has 18 heavy (non-hydrogen) atoms. The van der Waals surface area contributed by atoms with Gasteiger partial charge in [0, 0.05) is 12.6 Å². The highest BCUT2D eigenvalue weighted by molar-refractivity contribution is 5.95. The van der Waals surface area contributed by atoms with Gasteiger partial charge in [-0.25, -0.2) is 4.99 Å². The number of rotatable bonds is 0. The van der Waals surface area contributed by atoms with Crippen molar-refractivity contribution < 1.29 is 0 Å². The van der Waals surface area contributed by atoms with E-state index in [9.17, 15) is 0 Å². The molecular formula is C15H13N3. The van der Waals surface area contributed by atoms with E-state index >= 15 is 0 Å². The molecule has 0 radical (unpaired) electrons. The third-order valence-electron chi connectivity index (χ3n) is 3.71. The van der Waals surface area contributed by atoms with E-state index in [-0.39, 0.29) is 6.17 Å². The van der Waals surface area contributed by atoms with Crippen LogP contribution in [0.15, 0.2) is 53.5 Å². The number of para-hydroxylation sites is 3. The predicted molar refractivity (Wildman–Crippen MR) is 74.7 cm³/mol. The van der Waals surface area contributed by atoms with Crippen molar-refractivity contribution in [2.75, 3.05) is 16.8 Å². The van der Waals surface area contributed by atoms with E-state index in [0.29, 0.717) is 0 Å². The van der Waals surface area contributed by atoms with Crippen molar-refractivity contribution in [3.8, 4) is 0 Å². The van der Waals surface area contributed by atoms with Gasteiger partial charge in [0.25, 0.3) is 0 Å². The fraction of sp³-hybridized carbons (Fsp3) is 0.133. The smallest absolute Gasteiger partial charge is 0.135 e. The van der Waals surface area contributed by atoms with Gasteiger partial charge in [-0.1, -0.05) is 30.3 Å². The molecule has 0 saturated heterocycles. The molecule has 1 atom stereocenters. The summed E-state index contributed by atoms with van der Waals surface area (Å²) in [6.45, 7) is 0. The van der Waals surface area contributed by atoms with E-state index < -0.39 is 0 Å². The molecular weight excluding hydrogens is 222 g/mol. The molecule has 0 bridgehead atoms. The van der Waals surface area contributed by atoms with Crippen LogP contribution in [-0.2, 0) is 0 Å². The van der Waals surface area contributed by atoms with Gasteiger partial charge in [0.2, 0.25) is 0 Å². The summed E-state index contributed by atoms with van der Waals surface area (Å²) in [7, 11) is 2.14. The molecule has 2 heterocycles. The van der Waals surface area contributed by atoms with Crippen LogP contribution in [0.25, 0.3) is 0 Å². The van der Waals surface area contributed by atoms with Crippen LogP contribution < -0.4 is 9.80 Å². The number of benzene rings is 2. The molecule has 0 aliphatic carbocycles. The minimum absolute atomic E-state index is 0.232. The lowest BCUT2D eigenvalue weighted by Gasteiger charge is -2.31. The van der Waals surface area contributed by atoms with E-state index in [4.69, 9.17) is 0 Å². The van der Waals surface area contributed by atoms with Crippen molar-refractivity contribution in [3.63, 3.8) is 0 Å². The first-order chi connectivity index (χ1) is 8.86. The van der Waals surface area contributed by atoms with E-state index in [2.05, 4.69) is 64.3 Å². The van der Waals surface area contributed by atoms with Crippen LogP contribution in [0.4, 0.5) is 17.1 Å². The van der Waals surface area contributed by atoms with Gasteiger partial charge >= 0.3 is 0 Å². The first-order valence-corrected chi connectivity index (χ1v) is 6.09. The number of hydrogen-bond acceptors (Lipinski definition) is 3. The molecule has 0 fully saturated rings. The summed E-state index contributed by atoms with van der Waals surface area (Å²) in [5.41, 5.74) is 4.81. The fourth-order valence-electron chi connectivity index (χ4n) is 2.86. The normalized spacial score (nSPS) is 19.5. The minimum atomic E-state index is 0.232. The summed E-state index contributed by atoms with van der Waals surface area (Å²) in [4.78, 5) is 9.08. The Balaban J connectivity index is 1.94. The zero-order chi connectivity index (χ0) is 12.1. The van der Waals surface area contributed by atoms with Crippen LogP contribution in [0.3, 0.4) is 0 Å². The fourth-order valence-corrected chi connectivity index (χ4v) is 2.86. The molecule has 2 aromatic carbocycles. The minimum Gasteiger partial charge on any atom is -0.348 e. The Morgan fingerprint density at radius 3 is 2.56 bits per heavy atom. The Morgan fingerprint density at radius 2 is 1.67 bits per heavy atom. The highest BCUT2D eigenvalue weighted by Crippen LogP contribution is 2.47. The van der Waals surface area contributed by atoms with Crippen LogP contribution >= 0.6 is 0 Å². The molecule has 1 unspecified atom stereocenters. The SMILES string of the molecule is CN1c2ccccc2N2C=Nc3ccccc3C12. The van der Waals surface area contributed by atoms with Gasteiger partial charge in [0.1, 0.15) is 6.17 Å². The van der Waals surface area contributed by atoms with Crippen LogP contribution in [0.1, 0.15) is 11.7 Å². The first-order valence-electron chi connectivity index (χ1n) is 6.09.